The number of hydrogen-bond acceptors (Lipinski definition) is 3. The number of esters is 1. The van der Waals surface area contributed by atoms with Gasteiger partial charge in [0.1, 0.15) is 0 Å². The summed E-state index contributed by atoms with van der Waals surface area (Å²) in [4.78, 5) is 11.5. The van der Waals surface area contributed by atoms with Crippen LogP contribution in [0.3, 0.4) is 0 Å². The number of anilines is 1. The van der Waals surface area contributed by atoms with E-state index in [1.165, 1.54) is 0 Å². The summed E-state index contributed by atoms with van der Waals surface area (Å²) in [6.45, 7) is 6.84. The van der Waals surface area contributed by atoms with Crippen molar-refractivity contribution in [2.24, 2.45) is 0 Å². The number of para-hydroxylation sites is 1. The van der Waals surface area contributed by atoms with Gasteiger partial charge in [-0.1, -0.05) is 37.8 Å². The highest BCUT2D eigenvalue weighted by atomic mass is 28.3. The molecule has 0 radical (unpaired) electrons. The Balaban J connectivity index is 2.29. The van der Waals surface area contributed by atoms with Crippen molar-refractivity contribution in [2.45, 2.75) is 45.1 Å². The van der Waals surface area contributed by atoms with Crippen molar-refractivity contribution >= 4 is 19.9 Å². The molecule has 1 saturated heterocycles. The molecule has 1 aliphatic heterocycles. The maximum absolute atomic E-state index is 11.5. The fourth-order valence-corrected chi connectivity index (χ4v) is 4.42. The molecule has 3 nitrogen and oxygen atoms in total. The van der Waals surface area contributed by atoms with Gasteiger partial charge in [0.2, 0.25) is 0 Å². The third kappa shape index (κ3) is 2.93. The van der Waals surface area contributed by atoms with E-state index in [2.05, 4.69) is 36.3 Å². The average molecular weight is 263 g/mol. The fourth-order valence-electron chi connectivity index (χ4n) is 2.45. The molecule has 1 aliphatic rings. The van der Waals surface area contributed by atoms with Gasteiger partial charge >= 0.3 is 5.97 Å². The van der Waals surface area contributed by atoms with Gasteiger partial charge < -0.3 is 9.30 Å². The van der Waals surface area contributed by atoms with Gasteiger partial charge in [0.25, 0.3) is 0 Å². The Hall–Kier alpha value is -1.29. The molecule has 2 rings (SSSR count). The van der Waals surface area contributed by atoms with Crippen LogP contribution in [0.4, 0.5) is 5.69 Å². The Morgan fingerprint density at radius 3 is 2.44 bits per heavy atom. The number of carbonyl (C=O) groups is 1. The van der Waals surface area contributed by atoms with Crippen molar-refractivity contribution in [2.75, 3.05) is 4.57 Å². The molecule has 1 atom stereocenters. The van der Waals surface area contributed by atoms with Crippen LogP contribution in [0.2, 0.25) is 19.6 Å². The molecule has 1 aromatic rings. The van der Waals surface area contributed by atoms with E-state index in [9.17, 15) is 4.79 Å². The van der Waals surface area contributed by atoms with Crippen molar-refractivity contribution in [1.29, 1.82) is 0 Å². The van der Waals surface area contributed by atoms with Crippen LogP contribution in [0.25, 0.3) is 0 Å². The second-order valence-corrected chi connectivity index (χ2v) is 10.5. The lowest BCUT2D eigenvalue weighted by molar-refractivity contribution is -0.152. The molecule has 1 unspecified atom stereocenters. The van der Waals surface area contributed by atoms with E-state index in [0.29, 0.717) is 6.42 Å². The molecule has 1 fully saturated rings. The lowest BCUT2D eigenvalue weighted by Gasteiger charge is -2.43. The molecular weight excluding hydrogens is 242 g/mol. The summed E-state index contributed by atoms with van der Waals surface area (Å²) < 4.78 is 7.89. The minimum Gasteiger partial charge on any atom is -0.442 e. The highest BCUT2D eigenvalue weighted by molar-refractivity contribution is 6.79. The summed E-state index contributed by atoms with van der Waals surface area (Å²) in [6, 6.07) is 10.3. The summed E-state index contributed by atoms with van der Waals surface area (Å²) in [5.41, 5.74) is 1.16. The van der Waals surface area contributed by atoms with Crippen LogP contribution in [-0.4, -0.2) is 20.4 Å². The number of rotatable bonds is 3. The van der Waals surface area contributed by atoms with E-state index in [1.807, 2.05) is 18.2 Å². The molecule has 98 valence electrons. The van der Waals surface area contributed by atoms with Gasteiger partial charge in [0.15, 0.2) is 14.5 Å². The van der Waals surface area contributed by atoms with Gasteiger partial charge in [0.05, 0.1) is 0 Å². The topological polar surface area (TPSA) is 29.5 Å². The summed E-state index contributed by atoms with van der Waals surface area (Å²) in [5, 5.41) is 0. The number of benzene rings is 1. The predicted molar refractivity (Wildman–Crippen MR) is 76.0 cm³/mol. The Morgan fingerprint density at radius 1 is 1.22 bits per heavy atom. The maximum atomic E-state index is 11.5. The van der Waals surface area contributed by atoms with Crippen molar-refractivity contribution in [3.8, 4) is 0 Å². The zero-order chi connectivity index (χ0) is 13.2. The zero-order valence-electron chi connectivity index (χ0n) is 11.3. The SMILES string of the molecule is C[Si](C)(C)N(c1ccccc1)C1CCCC(=O)O1. The molecule has 0 bridgehead atoms. The molecule has 0 amide bonds. The quantitative estimate of drug-likeness (QED) is 0.618. The van der Waals surface area contributed by atoms with E-state index in [-0.39, 0.29) is 12.2 Å². The molecule has 18 heavy (non-hydrogen) atoms. The first-order chi connectivity index (χ1) is 8.48. The van der Waals surface area contributed by atoms with E-state index in [0.717, 1.165) is 18.5 Å². The summed E-state index contributed by atoms with van der Waals surface area (Å²) >= 11 is 0. The fraction of sp³-hybridized carbons (Fsp3) is 0.500. The Kier molecular flexibility index (Phi) is 3.75. The van der Waals surface area contributed by atoms with Crippen LogP contribution >= 0.6 is 0 Å². The van der Waals surface area contributed by atoms with E-state index < -0.39 is 8.24 Å². The van der Waals surface area contributed by atoms with Crippen molar-refractivity contribution in [3.63, 3.8) is 0 Å². The van der Waals surface area contributed by atoms with Gasteiger partial charge in [-0.05, 0) is 18.6 Å². The van der Waals surface area contributed by atoms with Gasteiger partial charge in [-0.15, -0.1) is 0 Å². The van der Waals surface area contributed by atoms with Crippen LogP contribution in [-0.2, 0) is 9.53 Å². The monoisotopic (exact) mass is 263 g/mol. The van der Waals surface area contributed by atoms with Gasteiger partial charge in [0, 0.05) is 18.5 Å². The summed E-state index contributed by atoms with van der Waals surface area (Å²) in [5.74, 6) is -0.0644. The number of carbonyl (C=O) groups excluding carboxylic acids is 1. The highest BCUT2D eigenvalue weighted by Crippen LogP contribution is 2.29. The second kappa shape index (κ2) is 5.14. The minimum atomic E-state index is -1.59. The molecule has 0 N–H and O–H groups in total. The van der Waals surface area contributed by atoms with E-state index >= 15 is 0 Å². The van der Waals surface area contributed by atoms with Crippen LogP contribution in [0.1, 0.15) is 19.3 Å². The van der Waals surface area contributed by atoms with E-state index in [4.69, 9.17) is 4.74 Å². The van der Waals surface area contributed by atoms with E-state index in [1.54, 1.807) is 0 Å². The maximum Gasteiger partial charge on any atom is 0.307 e. The van der Waals surface area contributed by atoms with Crippen molar-refractivity contribution in [1.82, 2.24) is 0 Å². The average Bonchev–Trinajstić information content (AvgIpc) is 2.28. The van der Waals surface area contributed by atoms with Crippen LogP contribution in [0, 0.1) is 0 Å². The molecule has 4 heteroatoms. The smallest absolute Gasteiger partial charge is 0.307 e. The van der Waals surface area contributed by atoms with Crippen LogP contribution < -0.4 is 4.57 Å². The zero-order valence-corrected chi connectivity index (χ0v) is 12.3. The lowest BCUT2D eigenvalue weighted by atomic mass is 10.1. The second-order valence-electron chi connectivity index (χ2n) is 5.71. The first-order valence-electron chi connectivity index (χ1n) is 6.52. The molecule has 1 heterocycles. The largest absolute Gasteiger partial charge is 0.442 e. The Morgan fingerprint density at radius 2 is 1.89 bits per heavy atom. The first-order valence-corrected chi connectivity index (χ1v) is 9.97. The van der Waals surface area contributed by atoms with Gasteiger partial charge in [-0.3, -0.25) is 4.79 Å². The molecule has 0 spiro atoms. The molecule has 0 aliphatic carbocycles. The molecule has 0 aromatic heterocycles. The standard InChI is InChI=1S/C14H21NO2Si/c1-18(2,3)15(12-8-5-4-6-9-12)13-10-7-11-14(16)17-13/h4-6,8-9,13H,7,10-11H2,1-3H3. The number of hydrogen-bond donors (Lipinski definition) is 0. The van der Waals surface area contributed by atoms with Crippen molar-refractivity contribution in [3.05, 3.63) is 30.3 Å². The molecule has 0 saturated carbocycles. The third-order valence-electron chi connectivity index (χ3n) is 3.14. The van der Waals surface area contributed by atoms with Crippen LogP contribution in [0.5, 0.6) is 0 Å². The van der Waals surface area contributed by atoms with Gasteiger partial charge in [-0.2, -0.15) is 0 Å². The third-order valence-corrected chi connectivity index (χ3v) is 5.14. The number of nitrogens with zero attached hydrogens (tertiary/aromatic N) is 1. The highest BCUT2D eigenvalue weighted by Gasteiger charge is 2.34. The Labute approximate surface area is 110 Å². The summed E-state index contributed by atoms with van der Waals surface area (Å²) in [7, 11) is -1.59. The number of ether oxygens (including phenoxy) is 1. The first kappa shape index (κ1) is 13.1. The lowest BCUT2D eigenvalue weighted by Crippen LogP contribution is -2.54. The van der Waals surface area contributed by atoms with Crippen LogP contribution in [0.15, 0.2) is 30.3 Å². The van der Waals surface area contributed by atoms with Gasteiger partial charge in [-0.25, -0.2) is 0 Å². The molecule has 1 aromatic carbocycles. The predicted octanol–water partition coefficient (Wildman–Crippen LogP) is 3.38. The Bertz CT molecular complexity index is 414. The molecular formula is C14H21NO2Si. The van der Waals surface area contributed by atoms with Crippen molar-refractivity contribution < 1.29 is 9.53 Å². The summed E-state index contributed by atoms with van der Waals surface area (Å²) in [6.07, 6.45) is 2.34. The normalized spacial score (nSPS) is 20.4. The number of cyclic esters (lactones) is 1. The minimum absolute atomic E-state index is 0.0644.